The van der Waals surface area contributed by atoms with E-state index < -0.39 is 28.8 Å². The number of methoxy groups -OCH3 is 1. The van der Waals surface area contributed by atoms with Crippen LogP contribution in [0.5, 0.6) is 0 Å². The third-order valence-electron chi connectivity index (χ3n) is 7.46. The molecule has 6 heteroatoms. The molecule has 0 spiro atoms. The van der Waals surface area contributed by atoms with E-state index in [1.807, 2.05) is 6.92 Å². The highest BCUT2D eigenvalue weighted by Crippen LogP contribution is 2.65. The highest BCUT2D eigenvalue weighted by molar-refractivity contribution is 5.89. The molecule has 6 atom stereocenters. The van der Waals surface area contributed by atoms with Crippen molar-refractivity contribution in [1.82, 2.24) is 0 Å². The Bertz CT molecular complexity index is 811. The molecule has 1 aromatic rings. The molecule has 6 nitrogen and oxygen atoms in total. The van der Waals surface area contributed by atoms with Crippen LogP contribution < -0.4 is 0 Å². The molecule has 4 rings (SSSR count). The van der Waals surface area contributed by atoms with Gasteiger partial charge in [-0.2, -0.15) is 0 Å². The van der Waals surface area contributed by atoms with Gasteiger partial charge in [0.25, 0.3) is 0 Å². The second-order valence-corrected chi connectivity index (χ2v) is 8.61. The molecule has 0 radical (unpaired) electrons. The van der Waals surface area contributed by atoms with Gasteiger partial charge in [0.2, 0.25) is 0 Å². The van der Waals surface area contributed by atoms with Gasteiger partial charge in [-0.25, -0.2) is 0 Å². The molecule has 1 unspecified atom stereocenters. The highest BCUT2D eigenvalue weighted by atomic mass is 16.5. The van der Waals surface area contributed by atoms with Crippen molar-refractivity contribution in [2.45, 2.75) is 45.1 Å². The number of cyclic esters (lactones) is 1. The van der Waals surface area contributed by atoms with Gasteiger partial charge in [-0.3, -0.25) is 14.4 Å². The van der Waals surface area contributed by atoms with E-state index in [2.05, 4.69) is 6.58 Å². The zero-order chi connectivity index (χ0) is 20.1. The molecule has 0 bridgehead atoms. The normalized spacial score (nSPS) is 40.1. The minimum absolute atomic E-state index is 0.105. The number of Topliss-reactive ketones (excluding diaryl/α,β-unsaturated/α-hetero) is 1. The van der Waals surface area contributed by atoms with Crippen molar-refractivity contribution in [1.29, 1.82) is 0 Å². The van der Waals surface area contributed by atoms with Gasteiger partial charge in [-0.1, -0.05) is 13.0 Å². The number of fused-ring (bicyclic) bond motifs is 3. The van der Waals surface area contributed by atoms with Gasteiger partial charge in [0, 0.05) is 23.3 Å². The van der Waals surface area contributed by atoms with E-state index in [0.29, 0.717) is 32.1 Å². The highest BCUT2D eigenvalue weighted by Gasteiger charge is 2.66. The zero-order valence-corrected chi connectivity index (χ0v) is 16.3. The van der Waals surface area contributed by atoms with E-state index in [9.17, 15) is 14.4 Å². The summed E-state index contributed by atoms with van der Waals surface area (Å²) < 4.78 is 16.0. The van der Waals surface area contributed by atoms with Crippen molar-refractivity contribution < 1.29 is 28.3 Å². The maximum atomic E-state index is 13.2. The third kappa shape index (κ3) is 2.50. The van der Waals surface area contributed by atoms with E-state index in [4.69, 9.17) is 13.9 Å². The third-order valence-corrected chi connectivity index (χ3v) is 7.46. The predicted molar refractivity (Wildman–Crippen MR) is 98.9 cm³/mol. The summed E-state index contributed by atoms with van der Waals surface area (Å²) in [6.45, 7) is 6.03. The number of allylic oxidation sites excluding steroid dienone is 1. The standard InChI is InChI=1S/C22H26O6/c1-4-22-9-7-14-20(25)28-17(13-8-10-27-12-13)11-21(14,2)18(22)16(23)6-5-15(22)19(24)26-3/h4,8,10,12,14-15,17-18H,1,5-7,9,11H2,2-3H3/t14-,15-,17-,18?,21-,22-/m0/s1. The zero-order valence-electron chi connectivity index (χ0n) is 16.3. The first-order valence-electron chi connectivity index (χ1n) is 9.84. The Kier molecular flexibility index (Phi) is 4.47. The van der Waals surface area contributed by atoms with Crippen molar-refractivity contribution in [2.24, 2.45) is 28.6 Å². The van der Waals surface area contributed by atoms with Crippen molar-refractivity contribution in [3.63, 3.8) is 0 Å². The fraction of sp³-hybridized carbons (Fsp3) is 0.591. The fourth-order valence-electron chi connectivity index (χ4n) is 6.22. The molecule has 3 fully saturated rings. The second-order valence-electron chi connectivity index (χ2n) is 8.61. The van der Waals surface area contributed by atoms with Crippen molar-refractivity contribution in [3.8, 4) is 0 Å². The Morgan fingerprint density at radius 1 is 1.36 bits per heavy atom. The van der Waals surface area contributed by atoms with Gasteiger partial charge in [0.1, 0.15) is 11.9 Å². The van der Waals surface area contributed by atoms with E-state index in [1.165, 1.54) is 7.11 Å². The summed E-state index contributed by atoms with van der Waals surface area (Å²) in [5.74, 6) is -1.71. The number of hydrogen-bond acceptors (Lipinski definition) is 6. The van der Waals surface area contributed by atoms with Gasteiger partial charge >= 0.3 is 11.9 Å². The molecule has 28 heavy (non-hydrogen) atoms. The average molecular weight is 386 g/mol. The summed E-state index contributed by atoms with van der Waals surface area (Å²) >= 11 is 0. The van der Waals surface area contributed by atoms with Gasteiger partial charge < -0.3 is 13.9 Å². The van der Waals surface area contributed by atoms with Crippen molar-refractivity contribution in [3.05, 3.63) is 36.8 Å². The predicted octanol–water partition coefficient (Wildman–Crippen LogP) is 3.62. The largest absolute Gasteiger partial charge is 0.472 e. The Hall–Kier alpha value is -2.37. The number of hydrogen-bond donors (Lipinski definition) is 0. The Morgan fingerprint density at radius 3 is 2.79 bits per heavy atom. The summed E-state index contributed by atoms with van der Waals surface area (Å²) in [6.07, 6.45) is 6.86. The maximum Gasteiger partial charge on any atom is 0.310 e. The topological polar surface area (TPSA) is 82.8 Å². The smallest absolute Gasteiger partial charge is 0.310 e. The van der Waals surface area contributed by atoms with Crippen molar-refractivity contribution >= 4 is 17.7 Å². The maximum absolute atomic E-state index is 13.2. The molecule has 3 aliphatic rings. The summed E-state index contributed by atoms with van der Waals surface area (Å²) in [6, 6.07) is 1.78. The van der Waals surface area contributed by atoms with Crippen LogP contribution in [0, 0.1) is 28.6 Å². The molecule has 1 saturated heterocycles. The lowest BCUT2D eigenvalue weighted by Crippen LogP contribution is -2.62. The van der Waals surface area contributed by atoms with Gasteiger partial charge in [0.05, 0.1) is 31.5 Å². The van der Waals surface area contributed by atoms with Crippen LogP contribution in [0.3, 0.4) is 0 Å². The van der Waals surface area contributed by atoms with Crippen LogP contribution in [-0.4, -0.2) is 24.8 Å². The molecule has 150 valence electrons. The monoisotopic (exact) mass is 386 g/mol. The molecule has 1 aliphatic heterocycles. The van der Waals surface area contributed by atoms with E-state index in [0.717, 1.165) is 5.56 Å². The first kappa shape index (κ1) is 19.0. The summed E-state index contributed by atoms with van der Waals surface area (Å²) in [5.41, 5.74) is -0.518. The van der Waals surface area contributed by atoms with Crippen molar-refractivity contribution in [2.75, 3.05) is 7.11 Å². The van der Waals surface area contributed by atoms with Gasteiger partial charge in [-0.15, -0.1) is 6.58 Å². The lowest BCUT2D eigenvalue weighted by molar-refractivity contribution is -0.198. The molecule has 2 heterocycles. The van der Waals surface area contributed by atoms with Crippen LogP contribution in [0.25, 0.3) is 0 Å². The number of carbonyl (C=O) groups excluding carboxylic acids is 3. The molecule has 2 saturated carbocycles. The Balaban J connectivity index is 1.80. The molecule has 0 N–H and O–H groups in total. The molecule has 1 aromatic heterocycles. The van der Waals surface area contributed by atoms with Crippen LogP contribution in [0.1, 0.15) is 50.7 Å². The molecule has 0 amide bonds. The van der Waals surface area contributed by atoms with E-state index in [1.54, 1.807) is 24.7 Å². The Morgan fingerprint density at radius 2 is 2.14 bits per heavy atom. The molecular weight excluding hydrogens is 360 g/mol. The lowest BCUT2D eigenvalue weighted by Gasteiger charge is -2.60. The first-order chi connectivity index (χ1) is 13.4. The number of ether oxygens (including phenoxy) is 2. The van der Waals surface area contributed by atoms with Crippen LogP contribution in [0.4, 0.5) is 0 Å². The average Bonchev–Trinajstić information content (AvgIpc) is 3.21. The van der Waals surface area contributed by atoms with Gasteiger partial charge in [0.15, 0.2) is 0 Å². The summed E-state index contributed by atoms with van der Waals surface area (Å²) in [4.78, 5) is 38.7. The van der Waals surface area contributed by atoms with Gasteiger partial charge in [-0.05, 0) is 37.2 Å². The number of furan rings is 1. The fourth-order valence-corrected chi connectivity index (χ4v) is 6.22. The number of ketones is 1. The minimum atomic E-state index is -0.688. The van der Waals surface area contributed by atoms with Crippen LogP contribution >= 0.6 is 0 Å². The summed E-state index contributed by atoms with van der Waals surface area (Å²) in [5, 5.41) is 0. The number of carbonyl (C=O) groups is 3. The summed E-state index contributed by atoms with van der Waals surface area (Å²) in [7, 11) is 1.38. The SMILES string of the molecule is C=C[C@@]12CC[C@H]3C(=O)O[C@H](c4ccoc4)C[C@]3(C)C1C(=O)CC[C@H]2C(=O)OC. The van der Waals surface area contributed by atoms with Crippen LogP contribution in [0.15, 0.2) is 35.7 Å². The quantitative estimate of drug-likeness (QED) is 0.583. The van der Waals surface area contributed by atoms with Crippen LogP contribution in [0.2, 0.25) is 0 Å². The lowest BCUT2D eigenvalue weighted by atomic mass is 9.43. The van der Waals surface area contributed by atoms with E-state index >= 15 is 0 Å². The van der Waals surface area contributed by atoms with Crippen LogP contribution in [-0.2, 0) is 23.9 Å². The Labute approximate surface area is 164 Å². The molecule has 0 aromatic carbocycles. The van der Waals surface area contributed by atoms with E-state index in [-0.39, 0.29) is 23.6 Å². The molecular formula is C22H26O6. The number of rotatable bonds is 3. The number of esters is 2. The minimum Gasteiger partial charge on any atom is -0.472 e. The second kappa shape index (κ2) is 6.61. The molecule has 2 aliphatic carbocycles. The first-order valence-corrected chi connectivity index (χ1v) is 9.84.